The van der Waals surface area contributed by atoms with Crippen molar-refractivity contribution in [3.63, 3.8) is 0 Å². The molecule has 2 rings (SSSR count). The van der Waals surface area contributed by atoms with E-state index in [9.17, 15) is 4.79 Å². The van der Waals surface area contributed by atoms with Gasteiger partial charge in [0.15, 0.2) is 0 Å². The molecule has 0 aliphatic carbocycles. The quantitative estimate of drug-likeness (QED) is 0.825. The first-order valence-corrected chi connectivity index (χ1v) is 5.07. The van der Waals surface area contributed by atoms with Gasteiger partial charge in [0.25, 0.3) is 0 Å². The average molecular weight is 215 g/mol. The highest BCUT2D eigenvalue weighted by atomic mass is 16.1. The molecular weight excluding hydrogens is 202 g/mol. The van der Waals surface area contributed by atoms with Crippen LogP contribution in [0.5, 0.6) is 0 Å². The second-order valence-corrected chi connectivity index (χ2v) is 3.64. The maximum atomic E-state index is 10.9. The summed E-state index contributed by atoms with van der Waals surface area (Å²) in [6.45, 7) is 0.712. The number of carbonyl (C=O) groups excluding carboxylic acids is 1. The lowest BCUT2D eigenvalue weighted by Gasteiger charge is -2.06. The van der Waals surface area contributed by atoms with Crippen LogP contribution in [0.15, 0.2) is 42.9 Å². The van der Waals surface area contributed by atoms with Gasteiger partial charge in [-0.1, -0.05) is 30.3 Å². The number of nitrogens with two attached hydrogens (primary N) is 1. The third-order valence-corrected chi connectivity index (χ3v) is 2.35. The molecule has 2 N–H and O–H groups in total. The molecule has 1 aromatic carbocycles. The van der Waals surface area contributed by atoms with Crippen LogP contribution in [-0.2, 0) is 17.8 Å². The fraction of sp³-hybridized carbons (Fsp3) is 0.167. The summed E-state index contributed by atoms with van der Waals surface area (Å²) in [4.78, 5) is 14.9. The summed E-state index contributed by atoms with van der Waals surface area (Å²) in [6, 6.07) is 10.0. The molecule has 0 aliphatic heterocycles. The maximum absolute atomic E-state index is 10.9. The lowest BCUT2D eigenvalue weighted by atomic mass is 10.2. The molecule has 4 heteroatoms. The monoisotopic (exact) mass is 215 g/mol. The van der Waals surface area contributed by atoms with Crippen molar-refractivity contribution in [2.24, 2.45) is 5.73 Å². The van der Waals surface area contributed by atoms with Crippen LogP contribution in [0.4, 0.5) is 0 Å². The van der Waals surface area contributed by atoms with Gasteiger partial charge in [0.05, 0.1) is 12.7 Å². The van der Waals surface area contributed by atoms with Gasteiger partial charge in [-0.3, -0.25) is 4.79 Å². The summed E-state index contributed by atoms with van der Waals surface area (Å²) in [6.07, 6.45) is 3.62. The van der Waals surface area contributed by atoms with Gasteiger partial charge in [-0.15, -0.1) is 0 Å². The second-order valence-electron chi connectivity index (χ2n) is 3.64. The highest BCUT2D eigenvalue weighted by Crippen LogP contribution is 2.06. The molecule has 0 fully saturated rings. The van der Waals surface area contributed by atoms with Crippen molar-refractivity contribution >= 4 is 5.91 Å². The van der Waals surface area contributed by atoms with Gasteiger partial charge in [-0.05, 0) is 5.56 Å². The summed E-state index contributed by atoms with van der Waals surface area (Å²) >= 11 is 0. The predicted octanol–water partition coefficient (Wildman–Crippen LogP) is 0.959. The summed E-state index contributed by atoms with van der Waals surface area (Å²) in [7, 11) is 0. The smallest absolute Gasteiger partial charge is 0.223 e. The number of aromatic nitrogens is 2. The molecule has 0 spiro atoms. The van der Waals surface area contributed by atoms with E-state index in [1.54, 1.807) is 12.5 Å². The van der Waals surface area contributed by atoms with Crippen LogP contribution in [0.25, 0.3) is 0 Å². The van der Waals surface area contributed by atoms with E-state index in [4.69, 9.17) is 5.73 Å². The van der Waals surface area contributed by atoms with Crippen molar-refractivity contribution in [1.29, 1.82) is 0 Å². The van der Waals surface area contributed by atoms with Gasteiger partial charge in [-0.25, -0.2) is 4.98 Å². The number of nitrogens with zero attached hydrogens (tertiary/aromatic N) is 2. The second kappa shape index (κ2) is 4.61. The topological polar surface area (TPSA) is 60.9 Å². The number of imidazole rings is 1. The standard InChI is InChI=1S/C12H13N3O/c13-12(16)6-11-7-14-9-15(11)8-10-4-2-1-3-5-10/h1-5,7,9H,6,8H2,(H2,13,16). The molecule has 1 heterocycles. The maximum Gasteiger partial charge on any atom is 0.223 e. The summed E-state index contributed by atoms with van der Waals surface area (Å²) < 4.78 is 1.93. The SMILES string of the molecule is NC(=O)Cc1cncn1Cc1ccccc1. The van der Waals surface area contributed by atoms with E-state index in [2.05, 4.69) is 4.98 Å². The molecule has 16 heavy (non-hydrogen) atoms. The van der Waals surface area contributed by atoms with E-state index >= 15 is 0 Å². The zero-order valence-electron chi connectivity index (χ0n) is 8.84. The largest absolute Gasteiger partial charge is 0.369 e. The molecular formula is C12H13N3O. The zero-order valence-corrected chi connectivity index (χ0v) is 8.84. The van der Waals surface area contributed by atoms with Crippen molar-refractivity contribution in [1.82, 2.24) is 9.55 Å². The Bertz CT molecular complexity index is 476. The number of hydrogen-bond acceptors (Lipinski definition) is 2. The van der Waals surface area contributed by atoms with Crippen molar-refractivity contribution in [3.05, 3.63) is 54.1 Å². The van der Waals surface area contributed by atoms with Gasteiger partial charge in [0, 0.05) is 18.4 Å². The Labute approximate surface area is 93.7 Å². The van der Waals surface area contributed by atoms with Gasteiger partial charge in [-0.2, -0.15) is 0 Å². The highest BCUT2D eigenvalue weighted by Gasteiger charge is 2.05. The minimum absolute atomic E-state index is 0.229. The van der Waals surface area contributed by atoms with E-state index in [0.29, 0.717) is 6.54 Å². The van der Waals surface area contributed by atoms with E-state index in [1.807, 2.05) is 34.9 Å². The number of amides is 1. The Hall–Kier alpha value is -2.10. The Kier molecular flexibility index (Phi) is 3.00. The number of primary amides is 1. The molecule has 0 saturated carbocycles. The molecule has 0 aliphatic rings. The first-order chi connectivity index (χ1) is 7.75. The zero-order chi connectivity index (χ0) is 11.4. The highest BCUT2D eigenvalue weighted by molar-refractivity contribution is 5.76. The van der Waals surface area contributed by atoms with Crippen molar-refractivity contribution < 1.29 is 4.79 Å². The number of hydrogen-bond donors (Lipinski definition) is 1. The lowest BCUT2D eigenvalue weighted by molar-refractivity contribution is -0.117. The minimum Gasteiger partial charge on any atom is -0.369 e. The first kappa shape index (κ1) is 10.4. The fourth-order valence-corrected chi connectivity index (χ4v) is 1.60. The van der Waals surface area contributed by atoms with Crippen LogP contribution < -0.4 is 5.73 Å². The summed E-state index contributed by atoms with van der Waals surface area (Å²) in [5.41, 5.74) is 7.18. The molecule has 0 saturated heterocycles. The number of rotatable bonds is 4. The Morgan fingerprint density at radius 3 is 2.75 bits per heavy atom. The van der Waals surface area contributed by atoms with Crippen molar-refractivity contribution in [3.8, 4) is 0 Å². The van der Waals surface area contributed by atoms with Crippen LogP contribution in [-0.4, -0.2) is 15.5 Å². The summed E-state index contributed by atoms with van der Waals surface area (Å²) in [5.74, 6) is -0.338. The van der Waals surface area contributed by atoms with Gasteiger partial charge in [0.2, 0.25) is 5.91 Å². The molecule has 0 unspecified atom stereocenters. The Morgan fingerprint density at radius 2 is 2.06 bits per heavy atom. The van der Waals surface area contributed by atoms with Gasteiger partial charge < -0.3 is 10.3 Å². The average Bonchev–Trinajstić information content (AvgIpc) is 2.66. The molecule has 0 atom stereocenters. The molecule has 1 amide bonds. The predicted molar refractivity (Wildman–Crippen MR) is 60.7 cm³/mol. The normalized spacial score (nSPS) is 10.2. The number of benzene rings is 1. The van der Waals surface area contributed by atoms with E-state index in [0.717, 1.165) is 5.69 Å². The Balaban J connectivity index is 2.16. The van der Waals surface area contributed by atoms with Crippen LogP contribution in [0.2, 0.25) is 0 Å². The lowest BCUT2D eigenvalue weighted by Crippen LogP contribution is -2.16. The van der Waals surface area contributed by atoms with Crippen molar-refractivity contribution in [2.75, 3.05) is 0 Å². The molecule has 0 bridgehead atoms. The van der Waals surface area contributed by atoms with E-state index in [1.165, 1.54) is 5.56 Å². The molecule has 1 aromatic heterocycles. The van der Waals surface area contributed by atoms with Gasteiger partial charge in [0.1, 0.15) is 0 Å². The molecule has 2 aromatic rings. The van der Waals surface area contributed by atoms with Crippen LogP contribution in [0, 0.1) is 0 Å². The number of carbonyl (C=O) groups is 1. The van der Waals surface area contributed by atoms with Crippen LogP contribution in [0.1, 0.15) is 11.3 Å². The third-order valence-electron chi connectivity index (χ3n) is 2.35. The molecule has 82 valence electrons. The van der Waals surface area contributed by atoms with Crippen LogP contribution in [0.3, 0.4) is 0 Å². The minimum atomic E-state index is -0.338. The first-order valence-electron chi connectivity index (χ1n) is 5.07. The fourth-order valence-electron chi connectivity index (χ4n) is 1.60. The molecule has 0 radical (unpaired) electrons. The van der Waals surface area contributed by atoms with E-state index < -0.39 is 0 Å². The van der Waals surface area contributed by atoms with E-state index in [-0.39, 0.29) is 12.3 Å². The summed E-state index contributed by atoms with van der Waals surface area (Å²) in [5, 5.41) is 0. The Morgan fingerprint density at radius 1 is 1.31 bits per heavy atom. The van der Waals surface area contributed by atoms with Crippen LogP contribution >= 0.6 is 0 Å². The van der Waals surface area contributed by atoms with Crippen molar-refractivity contribution in [2.45, 2.75) is 13.0 Å². The third kappa shape index (κ3) is 2.48. The van der Waals surface area contributed by atoms with Gasteiger partial charge >= 0.3 is 0 Å². The molecule has 4 nitrogen and oxygen atoms in total.